The fraction of sp³-hybridized carbons (Fsp3) is 0.250. The third kappa shape index (κ3) is 6.31. The summed E-state index contributed by atoms with van der Waals surface area (Å²) in [5.74, 6) is 1.63. The van der Waals surface area contributed by atoms with Gasteiger partial charge in [-0.1, -0.05) is 72.4 Å². The summed E-state index contributed by atoms with van der Waals surface area (Å²) in [4.78, 5) is 14.9. The van der Waals surface area contributed by atoms with Crippen molar-refractivity contribution in [3.8, 4) is 17.1 Å². The van der Waals surface area contributed by atoms with Crippen molar-refractivity contribution >= 4 is 17.7 Å². The number of amides is 1. The summed E-state index contributed by atoms with van der Waals surface area (Å²) >= 11 is 1.45. The molecule has 1 unspecified atom stereocenters. The van der Waals surface area contributed by atoms with Crippen molar-refractivity contribution in [2.75, 3.05) is 14.2 Å². The second-order valence-electron chi connectivity index (χ2n) is 8.36. The molecule has 3 aromatic carbocycles. The van der Waals surface area contributed by atoms with E-state index >= 15 is 0 Å². The Morgan fingerprint density at radius 3 is 2.20 bits per heavy atom. The van der Waals surface area contributed by atoms with E-state index in [0.717, 1.165) is 34.3 Å². The maximum absolute atomic E-state index is 13.1. The van der Waals surface area contributed by atoms with Crippen LogP contribution >= 0.6 is 11.8 Å². The molecular formula is C28H30N4O2S. The zero-order chi connectivity index (χ0) is 24.6. The van der Waals surface area contributed by atoms with E-state index in [1.165, 1.54) is 17.3 Å². The van der Waals surface area contributed by atoms with Crippen LogP contribution in [0.5, 0.6) is 5.75 Å². The van der Waals surface area contributed by atoms with Gasteiger partial charge in [-0.05, 0) is 48.7 Å². The minimum atomic E-state index is -0.299. The predicted octanol–water partition coefficient (Wildman–Crippen LogP) is 5.34. The van der Waals surface area contributed by atoms with Gasteiger partial charge in [-0.3, -0.25) is 4.79 Å². The number of aryl methyl sites for hydroxylation is 1. The van der Waals surface area contributed by atoms with Crippen LogP contribution in [0.2, 0.25) is 0 Å². The molecule has 7 heteroatoms. The number of benzene rings is 3. The van der Waals surface area contributed by atoms with Crippen LogP contribution in [0.25, 0.3) is 11.4 Å². The number of rotatable bonds is 10. The molecule has 0 saturated carbocycles. The number of carbonyl (C=O) groups excluding carboxylic acids is 1. The highest BCUT2D eigenvalue weighted by Crippen LogP contribution is 2.29. The summed E-state index contributed by atoms with van der Waals surface area (Å²) in [5, 5.41) is 9.43. The van der Waals surface area contributed by atoms with Crippen LogP contribution < -0.4 is 4.74 Å². The van der Waals surface area contributed by atoms with E-state index < -0.39 is 0 Å². The van der Waals surface area contributed by atoms with Gasteiger partial charge in [0.15, 0.2) is 11.0 Å². The van der Waals surface area contributed by atoms with E-state index in [2.05, 4.69) is 26.9 Å². The van der Waals surface area contributed by atoms with Crippen molar-refractivity contribution in [1.82, 2.24) is 19.7 Å². The molecule has 1 amide bonds. The standard InChI is InChI=1S/C28H30N4O2S/c1-21(27(33)31(2)20-23-12-8-5-9-13-23)35-28-30-29-26(24-14-16-25(34-3)17-15-24)32(28)19-18-22-10-6-4-7-11-22/h4-17,21H,18-20H2,1-3H3. The molecule has 0 radical (unpaired) electrons. The number of carbonyl (C=O) groups is 1. The Morgan fingerprint density at radius 2 is 1.57 bits per heavy atom. The lowest BCUT2D eigenvalue weighted by Crippen LogP contribution is -2.33. The summed E-state index contributed by atoms with van der Waals surface area (Å²) in [6.45, 7) is 3.21. The molecule has 1 atom stereocenters. The molecule has 0 aliphatic rings. The molecule has 1 heterocycles. The largest absolute Gasteiger partial charge is 0.497 e. The number of nitrogens with zero attached hydrogens (tertiary/aromatic N) is 4. The molecular weight excluding hydrogens is 456 g/mol. The van der Waals surface area contributed by atoms with Gasteiger partial charge in [-0.2, -0.15) is 0 Å². The van der Waals surface area contributed by atoms with Gasteiger partial charge < -0.3 is 14.2 Å². The van der Waals surface area contributed by atoms with Crippen molar-refractivity contribution in [3.05, 3.63) is 96.1 Å². The van der Waals surface area contributed by atoms with E-state index in [-0.39, 0.29) is 11.2 Å². The number of aromatic nitrogens is 3. The number of thioether (sulfide) groups is 1. The lowest BCUT2D eigenvalue weighted by Gasteiger charge is -2.21. The summed E-state index contributed by atoms with van der Waals surface area (Å²) in [5.41, 5.74) is 3.30. The Hall–Kier alpha value is -3.58. The van der Waals surface area contributed by atoms with E-state index in [4.69, 9.17) is 4.74 Å². The summed E-state index contributed by atoms with van der Waals surface area (Å²) in [6.07, 6.45) is 0.839. The van der Waals surface area contributed by atoms with Crippen LogP contribution in [-0.2, 0) is 24.3 Å². The van der Waals surface area contributed by atoms with Crippen molar-refractivity contribution < 1.29 is 9.53 Å². The Balaban J connectivity index is 1.54. The maximum Gasteiger partial charge on any atom is 0.235 e. The van der Waals surface area contributed by atoms with Crippen LogP contribution in [-0.4, -0.2) is 45.0 Å². The van der Waals surface area contributed by atoms with Gasteiger partial charge in [0.1, 0.15) is 5.75 Å². The summed E-state index contributed by atoms with van der Waals surface area (Å²) < 4.78 is 7.41. The molecule has 0 bridgehead atoms. The van der Waals surface area contributed by atoms with Gasteiger partial charge in [0, 0.05) is 25.7 Å². The topological polar surface area (TPSA) is 60.3 Å². The first-order valence-electron chi connectivity index (χ1n) is 11.6. The van der Waals surface area contributed by atoms with Crippen LogP contribution in [0, 0.1) is 0 Å². The van der Waals surface area contributed by atoms with E-state index in [1.807, 2.05) is 86.8 Å². The molecule has 1 aromatic heterocycles. The Labute approximate surface area is 211 Å². The first kappa shape index (κ1) is 24.5. The molecule has 0 aliphatic heterocycles. The molecule has 0 N–H and O–H groups in total. The monoisotopic (exact) mass is 486 g/mol. The highest BCUT2D eigenvalue weighted by Gasteiger charge is 2.23. The number of hydrogen-bond acceptors (Lipinski definition) is 5. The van der Waals surface area contributed by atoms with Crippen LogP contribution in [0.3, 0.4) is 0 Å². The molecule has 0 aliphatic carbocycles. The highest BCUT2D eigenvalue weighted by atomic mass is 32.2. The van der Waals surface area contributed by atoms with Gasteiger partial charge in [-0.15, -0.1) is 10.2 Å². The van der Waals surface area contributed by atoms with E-state index in [9.17, 15) is 4.79 Å². The lowest BCUT2D eigenvalue weighted by molar-refractivity contribution is -0.129. The third-order valence-electron chi connectivity index (χ3n) is 5.80. The summed E-state index contributed by atoms with van der Waals surface area (Å²) in [6, 6.07) is 28.2. The Morgan fingerprint density at radius 1 is 0.943 bits per heavy atom. The van der Waals surface area contributed by atoms with Gasteiger partial charge in [0.25, 0.3) is 0 Å². The maximum atomic E-state index is 13.1. The predicted molar refractivity (Wildman–Crippen MR) is 140 cm³/mol. The molecule has 4 rings (SSSR count). The molecule has 0 fully saturated rings. The van der Waals surface area contributed by atoms with Gasteiger partial charge in [0.05, 0.1) is 12.4 Å². The fourth-order valence-electron chi connectivity index (χ4n) is 3.87. The van der Waals surface area contributed by atoms with Crippen molar-refractivity contribution in [3.63, 3.8) is 0 Å². The molecule has 180 valence electrons. The smallest absolute Gasteiger partial charge is 0.235 e. The Bertz CT molecular complexity index is 1230. The zero-order valence-corrected chi connectivity index (χ0v) is 21.1. The first-order chi connectivity index (χ1) is 17.0. The van der Waals surface area contributed by atoms with E-state index in [1.54, 1.807) is 12.0 Å². The number of hydrogen-bond donors (Lipinski definition) is 0. The van der Waals surface area contributed by atoms with Gasteiger partial charge in [0.2, 0.25) is 5.91 Å². The van der Waals surface area contributed by atoms with Crippen LogP contribution in [0.15, 0.2) is 90.1 Å². The van der Waals surface area contributed by atoms with Crippen molar-refractivity contribution in [2.24, 2.45) is 0 Å². The Kier molecular flexibility index (Phi) is 8.21. The van der Waals surface area contributed by atoms with Crippen molar-refractivity contribution in [2.45, 2.75) is 36.8 Å². The van der Waals surface area contributed by atoms with Crippen molar-refractivity contribution in [1.29, 1.82) is 0 Å². The van der Waals surface area contributed by atoms with Gasteiger partial charge in [-0.25, -0.2) is 0 Å². The normalized spacial score (nSPS) is 11.7. The number of ether oxygens (including phenoxy) is 1. The lowest BCUT2D eigenvalue weighted by atomic mass is 10.1. The highest BCUT2D eigenvalue weighted by molar-refractivity contribution is 8.00. The second-order valence-corrected chi connectivity index (χ2v) is 9.67. The van der Waals surface area contributed by atoms with Gasteiger partial charge >= 0.3 is 0 Å². The van der Waals surface area contributed by atoms with Crippen LogP contribution in [0.1, 0.15) is 18.1 Å². The molecule has 0 spiro atoms. The fourth-order valence-corrected chi connectivity index (χ4v) is 4.86. The quantitative estimate of drug-likeness (QED) is 0.283. The average molecular weight is 487 g/mol. The minimum absolute atomic E-state index is 0.0578. The molecule has 4 aromatic rings. The zero-order valence-electron chi connectivity index (χ0n) is 20.3. The first-order valence-corrected chi connectivity index (χ1v) is 12.5. The molecule has 35 heavy (non-hydrogen) atoms. The minimum Gasteiger partial charge on any atom is -0.497 e. The summed E-state index contributed by atoms with van der Waals surface area (Å²) in [7, 11) is 3.49. The average Bonchev–Trinajstić information content (AvgIpc) is 3.30. The number of methoxy groups -OCH3 is 1. The SMILES string of the molecule is COc1ccc(-c2nnc(SC(C)C(=O)N(C)Cc3ccccc3)n2CCc2ccccc2)cc1. The molecule has 0 saturated heterocycles. The third-order valence-corrected chi connectivity index (χ3v) is 6.87. The van der Waals surface area contributed by atoms with E-state index in [0.29, 0.717) is 13.1 Å². The second kappa shape index (κ2) is 11.7. The van der Waals surface area contributed by atoms with Crippen LogP contribution in [0.4, 0.5) is 0 Å². The molecule has 6 nitrogen and oxygen atoms in total.